The van der Waals surface area contributed by atoms with Gasteiger partial charge in [-0.05, 0) is 29.1 Å². The molecule has 0 aliphatic carbocycles. The van der Waals surface area contributed by atoms with Crippen molar-refractivity contribution in [2.45, 2.75) is 6.54 Å². The quantitative estimate of drug-likeness (QED) is 0.403. The maximum atomic E-state index is 5.43. The summed E-state index contributed by atoms with van der Waals surface area (Å²) in [5, 5.41) is 8.93. The van der Waals surface area contributed by atoms with Gasteiger partial charge in [0.25, 0.3) is 0 Å². The zero-order valence-electron chi connectivity index (χ0n) is 15.4. The molecule has 0 amide bonds. The number of ether oxygens (including phenoxy) is 1. The van der Waals surface area contributed by atoms with Crippen LogP contribution in [0.15, 0.2) is 87.6 Å². The van der Waals surface area contributed by atoms with Crippen LogP contribution in [0.4, 0.5) is 0 Å². The van der Waals surface area contributed by atoms with Crippen LogP contribution in [-0.4, -0.2) is 18.0 Å². The van der Waals surface area contributed by atoms with Crippen LogP contribution >= 0.6 is 22.7 Å². The second kappa shape index (κ2) is 8.82. The van der Waals surface area contributed by atoms with Crippen molar-refractivity contribution < 1.29 is 4.74 Å². The minimum absolute atomic E-state index is 0.620. The lowest BCUT2D eigenvalue weighted by atomic mass is 10.2. The van der Waals surface area contributed by atoms with Gasteiger partial charge in [0.1, 0.15) is 5.75 Å². The number of nitrogens with zero attached hydrogens (tertiary/aromatic N) is 3. The molecule has 2 heterocycles. The molecule has 4 aromatic rings. The molecule has 0 N–H and O–H groups in total. The first-order chi connectivity index (χ1) is 13.8. The molecule has 0 fully saturated rings. The predicted octanol–water partition coefficient (Wildman–Crippen LogP) is 5.27. The molecule has 2 aromatic heterocycles. The third-order valence-corrected chi connectivity index (χ3v) is 5.90. The van der Waals surface area contributed by atoms with E-state index in [1.165, 1.54) is 5.56 Å². The average Bonchev–Trinajstić information content (AvgIpc) is 3.41. The molecule has 0 saturated heterocycles. The average molecular weight is 406 g/mol. The van der Waals surface area contributed by atoms with Gasteiger partial charge < -0.3 is 4.74 Å². The first kappa shape index (κ1) is 18.4. The highest BCUT2D eigenvalue weighted by atomic mass is 32.1. The Morgan fingerprint density at radius 3 is 2.57 bits per heavy atom. The number of hydrogen-bond acceptors (Lipinski definition) is 5. The van der Waals surface area contributed by atoms with Crippen LogP contribution in [0.1, 0.15) is 11.1 Å². The van der Waals surface area contributed by atoms with E-state index < -0.39 is 0 Å². The summed E-state index contributed by atoms with van der Waals surface area (Å²) in [6.45, 7) is 0.620. The van der Waals surface area contributed by atoms with Crippen molar-refractivity contribution >= 4 is 28.9 Å². The third kappa shape index (κ3) is 4.13. The molecular formula is C22H19N3OS2. The second-order valence-electron chi connectivity index (χ2n) is 5.98. The zero-order chi connectivity index (χ0) is 19.2. The number of rotatable bonds is 6. The number of para-hydroxylation sites is 1. The Morgan fingerprint density at radius 1 is 0.964 bits per heavy atom. The molecule has 0 spiro atoms. The van der Waals surface area contributed by atoms with E-state index in [-0.39, 0.29) is 0 Å². The Bertz CT molecular complexity index is 1130. The van der Waals surface area contributed by atoms with Gasteiger partial charge in [-0.2, -0.15) is 5.10 Å². The van der Waals surface area contributed by atoms with Gasteiger partial charge in [0.05, 0.1) is 30.4 Å². The maximum absolute atomic E-state index is 5.43. The van der Waals surface area contributed by atoms with E-state index in [0.29, 0.717) is 6.54 Å². The molecule has 0 bridgehead atoms. The van der Waals surface area contributed by atoms with Crippen LogP contribution in [0.2, 0.25) is 0 Å². The summed E-state index contributed by atoms with van der Waals surface area (Å²) in [5.74, 6) is 0.794. The van der Waals surface area contributed by atoms with Crippen LogP contribution in [0.3, 0.4) is 0 Å². The van der Waals surface area contributed by atoms with E-state index in [4.69, 9.17) is 14.8 Å². The lowest BCUT2D eigenvalue weighted by Gasteiger charge is -2.04. The maximum Gasteiger partial charge on any atom is 0.206 e. The van der Waals surface area contributed by atoms with Gasteiger partial charge in [-0.1, -0.05) is 48.5 Å². The summed E-state index contributed by atoms with van der Waals surface area (Å²) in [4.78, 5) is 6.82. The molecule has 4 rings (SSSR count). The van der Waals surface area contributed by atoms with Crippen LogP contribution in [0, 0.1) is 0 Å². The molecule has 0 saturated carbocycles. The summed E-state index contributed by atoms with van der Waals surface area (Å²) in [6, 6.07) is 22.2. The van der Waals surface area contributed by atoms with E-state index in [0.717, 1.165) is 26.7 Å². The smallest absolute Gasteiger partial charge is 0.206 e. The monoisotopic (exact) mass is 405 g/mol. The topological polar surface area (TPSA) is 38.9 Å². The summed E-state index contributed by atoms with van der Waals surface area (Å²) in [7, 11) is 1.67. The SMILES string of the molecule is COc1ccccc1C=Nn1c(-c2cccs2)csc1=NCc1ccccc1. The Labute approximate surface area is 171 Å². The number of methoxy groups -OCH3 is 1. The number of hydrogen-bond donors (Lipinski definition) is 0. The fourth-order valence-electron chi connectivity index (χ4n) is 2.75. The number of aromatic nitrogens is 1. The van der Waals surface area contributed by atoms with Gasteiger partial charge in [0, 0.05) is 10.9 Å². The van der Waals surface area contributed by atoms with Gasteiger partial charge in [-0.15, -0.1) is 22.7 Å². The van der Waals surface area contributed by atoms with E-state index in [9.17, 15) is 0 Å². The van der Waals surface area contributed by atoms with Crippen molar-refractivity contribution in [1.29, 1.82) is 0 Å². The molecule has 4 nitrogen and oxygen atoms in total. The van der Waals surface area contributed by atoms with Gasteiger partial charge in [0.15, 0.2) is 0 Å². The van der Waals surface area contributed by atoms with Gasteiger partial charge in [-0.3, -0.25) is 4.99 Å². The molecule has 0 radical (unpaired) electrons. The Kier molecular flexibility index (Phi) is 5.80. The largest absolute Gasteiger partial charge is 0.496 e. The van der Waals surface area contributed by atoms with Crippen LogP contribution < -0.4 is 9.54 Å². The minimum Gasteiger partial charge on any atom is -0.496 e. The number of benzene rings is 2. The van der Waals surface area contributed by atoms with E-state index >= 15 is 0 Å². The molecule has 28 heavy (non-hydrogen) atoms. The molecule has 2 aromatic carbocycles. The van der Waals surface area contributed by atoms with Gasteiger partial charge in [0.2, 0.25) is 4.80 Å². The van der Waals surface area contributed by atoms with Crippen molar-refractivity contribution in [1.82, 2.24) is 4.68 Å². The Balaban J connectivity index is 1.75. The highest BCUT2D eigenvalue weighted by Crippen LogP contribution is 2.25. The highest BCUT2D eigenvalue weighted by molar-refractivity contribution is 7.14. The van der Waals surface area contributed by atoms with E-state index in [1.807, 2.05) is 59.4 Å². The first-order valence-electron chi connectivity index (χ1n) is 8.81. The van der Waals surface area contributed by atoms with Crippen molar-refractivity contribution in [2.75, 3.05) is 7.11 Å². The summed E-state index contributed by atoms with van der Waals surface area (Å²) < 4.78 is 7.34. The summed E-state index contributed by atoms with van der Waals surface area (Å²) >= 11 is 3.29. The number of thiophene rings is 1. The fraction of sp³-hybridized carbons (Fsp3) is 0.0909. The van der Waals surface area contributed by atoms with Crippen LogP contribution in [-0.2, 0) is 6.54 Å². The summed E-state index contributed by atoms with van der Waals surface area (Å²) in [5.41, 5.74) is 3.14. The fourth-order valence-corrected chi connectivity index (χ4v) is 4.38. The van der Waals surface area contributed by atoms with E-state index in [1.54, 1.807) is 29.8 Å². The lowest BCUT2D eigenvalue weighted by Crippen LogP contribution is -2.12. The van der Waals surface area contributed by atoms with Crippen molar-refractivity contribution in [3.8, 4) is 16.3 Å². The van der Waals surface area contributed by atoms with Crippen LogP contribution in [0.5, 0.6) is 5.75 Å². The second-order valence-corrected chi connectivity index (χ2v) is 7.77. The normalized spacial score (nSPS) is 12.0. The third-order valence-electron chi connectivity index (χ3n) is 4.15. The molecule has 6 heteroatoms. The predicted molar refractivity (Wildman–Crippen MR) is 117 cm³/mol. The standard InChI is InChI=1S/C22H19N3OS2/c1-26-20-11-6-5-10-18(20)15-24-25-19(21-12-7-13-27-21)16-28-22(25)23-14-17-8-3-2-4-9-17/h2-13,15-16H,14H2,1H3. The zero-order valence-corrected chi connectivity index (χ0v) is 17.0. The Hall–Kier alpha value is -2.96. The van der Waals surface area contributed by atoms with Crippen molar-refractivity contribution in [3.05, 3.63) is 93.4 Å². The van der Waals surface area contributed by atoms with Crippen molar-refractivity contribution in [3.63, 3.8) is 0 Å². The van der Waals surface area contributed by atoms with E-state index in [2.05, 4.69) is 29.0 Å². The molecule has 140 valence electrons. The van der Waals surface area contributed by atoms with Crippen LogP contribution in [0.25, 0.3) is 10.6 Å². The molecule has 0 aliphatic rings. The lowest BCUT2D eigenvalue weighted by molar-refractivity contribution is 0.414. The molecule has 0 unspecified atom stereocenters. The number of thiazole rings is 1. The summed E-state index contributed by atoms with van der Waals surface area (Å²) in [6.07, 6.45) is 1.82. The molecule has 0 aliphatic heterocycles. The highest BCUT2D eigenvalue weighted by Gasteiger charge is 2.08. The van der Waals surface area contributed by atoms with Crippen molar-refractivity contribution in [2.24, 2.45) is 10.1 Å². The first-order valence-corrected chi connectivity index (χ1v) is 10.6. The van der Waals surface area contributed by atoms with Gasteiger partial charge >= 0.3 is 0 Å². The molecular weight excluding hydrogens is 386 g/mol. The van der Waals surface area contributed by atoms with Gasteiger partial charge in [-0.25, -0.2) is 4.68 Å². The molecule has 0 atom stereocenters. The minimum atomic E-state index is 0.620. The Morgan fingerprint density at radius 2 is 1.79 bits per heavy atom.